The molecule has 0 aromatic carbocycles. The predicted octanol–water partition coefficient (Wildman–Crippen LogP) is 1.88. The molecule has 1 aromatic heterocycles. The minimum atomic E-state index is -1.79. The Bertz CT molecular complexity index is 255. The summed E-state index contributed by atoms with van der Waals surface area (Å²) in [4.78, 5) is 7.34. The van der Waals surface area contributed by atoms with E-state index in [2.05, 4.69) is 45.5 Å². The molecule has 2 heteroatoms. The van der Waals surface area contributed by atoms with Crippen molar-refractivity contribution < 1.29 is 0 Å². The van der Waals surface area contributed by atoms with Crippen LogP contribution in [0.25, 0.3) is 0 Å². The molecule has 0 N–H and O–H groups in total. The van der Waals surface area contributed by atoms with E-state index >= 15 is 0 Å². The Morgan fingerprint density at radius 3 is 1.91 bits per heavy atom. The molecule has 0 unspecified atom stereocenters. The number of nitrogens with zero attached hydrogens (tertiary/aromatic N) is 1. The zero-order valence-electron chi connectivity index (χ0n) is 8.10. The molecule has 1 rings (SSSR count). The predicted molar refractivity (Wildman–Crippen MR) is 53.1 cm³/mol. The van der Waals surface area contributed by atoms with E-state index in [4.69, 9.17) is 0 Å². The summed E-state index contributed by atoms with van der Waals surface area (Å²) in [6.07, 6.45) is 0. The summed E-state index contributed by atoms with van der Waals surface area (Å²) < 4.78 is 3.95. The van der Waals surface area contributed by atoms with Gasteiger partial charge in [-0.05, 0) is 0 Å². The topological polar surface area (TPSA) is 4.93 Å². The van der Waals surface area contributed by atoms with Gasteiger partial charge < -0.3 is 0 Å². The van der Waals surface area contributed by atoms with Crippen LogP contribution in [0.4, 0.5) is 0 Å². The van der Waals surface area contributed by atoms with Crippen molar-refractivity contribution in [3.8, 4) is 0 Å². The summed E-state index contributed by atoms with van der Waals surface area (Å²) in [6.45, 7) is 2.17. The molecule has 0 radical (unpaired) electrons. The van der Waals surface area contributed by atoms with E-state index in [9.17, 15) is 0 Å². The summed E-state index contributed by atoms with van der Waals surface area (Å²) in [5.74, 6) is 0. The van der Waals surface area contributed by atoms with Crippen LogP contribution in [0.3, 0.4) is 0 Å². The fourth-order valence-corrected chi connectivity index (χ4v) is 6.41. The van der Waals surface area contributed by atoms with E-state index in [1.165, 1.54) is 5.69 Å². The Balaban J connectivity index is 3.15. The van der Waals surface area contributed by atoms with E-state index in [1.54, 1.807) is 3.71 Å². The maximum absolute atomic E-state index is 2.45. The van der Waals surface area contributed by atoms with Gasteiger partial charge in [0.2, 0.25) is 0 Å². The molecule has 0 aliphatic carbocycles. The van der Waals surface area contributed by atoms with Crippen LogP contribution in [-0.2, 0) is 7.05 Å². The molecule has 0 amide bonds. The second kappa shape index (κ2) is 2.85. The zero-order valence-corrected chi connectivity index (χ0v) is 11.0. The van der Waals surface area contributed by atoms with Crippen LogP contribution in [0.2, 0.25) is 14.8 Å². The van der Waals surface area contributed by atoms with Crippen LogP contribution in [0, 0.1) is 6.92 Å². The monoisotopic (exact) mass is 259 g/mol. The zero-order chi connectivity index (χ0) is 8.65. The van der Waals surface area contributed by atoms with Crippen molar-refractivity contribution in [2.75, 3.05) is 0 Å². The molecule has 1 aromatic rings. The first-order valence-corrected chi connectivity index (χ1v) is 14.0. The summed E-state index contributed by atoms with van der Waals surface area (Å²) in [5.41, 5.74) is 1.38. The Hall–Kier alpha value is 0.0787. The molecule has 0 saturated carbocycles. The molecule has 0 atom stereocenters. The first-order valence-electron chi connectivity index (χ1n) is 4.06. The molecule has 0 bridgehead atoms. The Morgan fingerprint density at radius 2 is 1.73 bits per heavy atom. The molecular formula is C9H17NSn. The summed E-state index contributed by atoms with van der Waals surface area (Å²) >= 11 is -1.79. The van der Waals surface area contributed by atoms with Crippen LogP contribution in [-0.4, -0.2) is 22.9 Å². The molecule has 0 aliphatic heterocycles. The van der Waals surface area contributed by atoms with Crippen molar-refractivity contribution in [2.24, 2.45) is 7.05 Å². The standard InChI is InChI=1S/C6H8N.3CH3.Sn/c1-6-4-3-5-7(6)2;;;;/h3-4H,1-2H3;3*1H3;. The molecule has 62 valence electrons. The van der Waals surface area contributed by atoms with Gasteiger partial charge in [0, 0.05) is 0 Å². The van der Waals surface area contributed by atoms with Crippen LogP contribution in [0.1, 0.15) is 5.69 Å². The Kier molecular flexibility index (Phi) is 2.37. The van der Waals surface area contributed by atoms with Gasteiger partial charge in [-0.3, -0.25) is 0 Å². The van der Waals surface area contributed by atoms with Gasteiger partial charge in [-0.2, -0.15) is 0 Å². The normalized spacial score (nSPS) is 12.1. The number of aryl methyl sites for hydroxylation is 1. The average Bonchev–Trinajstić information content (AvgIpc) is 2.11. The van der Waals surface area contributed by atoms with Crippen molar-refractivity contribution in [1.29, 1.82) is 0 Å². The summed E-state index contributed by atoms with van der Waals surface area (Å²) in [7, 11) is 2.17. The molecule has 0 fully saturated rings. The first kappa shape index (κ1) is 9.17. The second-order valence-electron chi connectivity index (χ2n) is 4.17. The molecule has 0 saturated heterocycles. The minimum absolute atomic E-state index is 1.38. The van der Waals surface area contributed by atoms with Crippen LogP contribution < -0.4 is 3.71 Å². The van der Waals surface area contributed by atoms with Gasteiger partial charge in [-0.1, -0.05) is 0 Å². The van der Waals surface area contributed by atoms with Gasteiger partial charge >= 0.3 is 73.3 Å². The molecular weight excluding hydrogens is 241 g/mol. The van der Waals surface area contributed by atoms with Crippen molar-refractivity contribution >= 4 is 22.1 Å². The fourth-order valence-electron chi connectivity index (χ4n) is 1.37. The van der Waals surface area contributed by atoms with E-state index in [0.717, 1.165) is 0 Å². The molecule has 0 spiro atoms. The van der Waals surface area contributed by atoms with Crippen molar-refractivity contribution in [1.82, 2.24) is 4.57 Å². The van der Waals surface area contributed by atoms with E-state index < -0.39 is 18.4 Å². The molecule has 0 aliphatic rings. The second-order valence-corrected chi connectivity index (χ2v) is 18.5. The molecule has 1 heterocycles. The maximum atomic E-state index is 2.45. The van der Waals surface area contributed by atoms with Crippen molar-refractivity contribution in [3.05, 3.63) is 17.8 Å². The molecule has 11 heavy (non-hydrogen) atoms. The van der Waals surface area contributed by atoms with Gasteiger partial charge in [0.15, 0.2) is 0 Å². The van der Waals surface area contributed by atoms with E-state index in [1.807, 2.05) is 0 Å². The quantitative estimate of drug-likeness (QED) is 0.678. The van der Waals surface area contributed by atoms with Gasteiger partial charge in [0.25, 0.3) is 0 Å². The third-order valence-corrected chi connectivity index (χ3v) is 7.96. The third kappa shape index (κ3) is 1.81. The van der Waals surface area contributed by atoms with Crippen LogP contribution >= 0.6 is 0 Å². The van der Waals surface area contributed by atoms with E-state index in [-0.39, 0.29) is 0 Å². The molecule has 1 nitrogen and oxygen atoms in total. The average molecular weight is 258 g/mol. The van der Waals surface area contributed by atoms with E-state index in [0.29, 0.717) is 0 Å². The summed E-state index contributed by atoms with van der Waals surface area (Å²) in [6, 6.07) is 4.52. The van der Waals surface area contributed by atoms with Gasteiger partial charge in [0.05, 0.1) is 0 Å². The first-order chi connectivity index (χ1) is 4.93. The van der Waals surface area contributed by atoms with Gasteiger partial charge in [0.1, 0.15) is 0 Å². The van der Waals surface area contributed by atoms with Crippen LogP contribution in [0.15, 0.2) is 12.1 Å². The number of aromatic nitrogens is 1. The summed E-state index contributed by atoms with van der Waals surface area (Å²) in [5, 5.41) is 0. The van der Waals surface area contributed by atoms with Crippen molar-refractivity contribution in [2.45, 2.75) is 21.7 Å². The number of rotatable bonds is 1. The third-order valence-electron chi connectivity index (χ3n) is 2.14. The van der Waals surface area contributed by atoms with Crippen molar-refractivity contribution in [3.63, 3.8) is 0 Å². The number of hydrogen-bond acceptors (Lipinski definition) is 0. The van der Waals surface area contributed by atoms with Crippen LogP contribution in [0.5, 0.6) is 0 Å². The van der Waals surface area contributed by atoms with Gasteiger partial charge in [-0.25, -0.2) is 0 Å². The SMILES string of the molecule is Cc1cc[c]([Sn]([CH3])([CH3])[CH3])n1C. The Labute approximate surface area is 73.3 Å². The fraction of sp³-hybridized carbons (Fsp3) is 0.556. The Morgan fingerprint density at radius 1 is 1.18 bits per heavy atom. The number of hydrogen-bond donors (Lipinski definition) is 0. The van der Waals surface area contributed by atoms with Gasteiger partial charge in [-0.15, -0.1) is 0 Å².